The molecule has 0 spiro atoms. The number of benzene rings is 1. The van der Waals surface area contributed by atoms with Gasteiger partial charge in [-0.25, -0.2) is 0 Å². The summed E-state index contributed by atoms with van der Waals surface area (Å²) in [4.78, 5) is 0. The molecule has 1 aliphatic rings. The van der Waals surface area contributed by atoms with Crippen LogP contribution in [0, 0.1) is 25.2 Å². The SMILES string of the molecule is Cc1ccc(C=C(C#N)C2=CCCCC2)c(C)c1. The van der Waals surface area contributed by atoms with Gasteiger partial charge in [0.25, 0.3) is 0 Å². The number of nitrogens with zero attached hydrogens (tertiary/aromatic N) is 1. The molecular formula is C17H19N. The van der Waals surface area contributed by atoms with Crippen molar-refractivity contribution in [2.45, 2.75) is 39.5 Å². The van der Waals surface area contributed by atoms with Crippen molar-refractivity contribution < 1.29 is 0 Å². The van der Waals surface area contributed by atoms with Crippen LogP contribution in [0.25, 0.3) is 6.08 Å². The molecule has 0 saturated heterocycles. The summed E-state index contributed by atoms with van der Waals surface area (Å²) in [5.74, 6) is 0. The predicted molar refractivity (Wildman–Crippen MR) is 76.1 cm³/mol. The van der Waals surface area contributed by atoms with Gasteiger partial charge in [-0.1, -0.05) is 29.8 Å². The molecule has 0 N–H and O–H groups in total. The molecule has 1 aliphatic carbocycles. The van der Waals surface area contributed by atoms with Crippen LogP contribution in [-0.2, 0) is 0 Å². The average Bonchev–Trinajstić information content (AvgIpc) is 2.39. The lowest BCUT2D eigenvalue weighted by molar-refractivity contribution is 0.709. The molecule has 18 heavy (non-hydrogen) atoms. The van der Waals surface area contributed by atoms with Crippen LogP contribution in [0.1, 0.15) is 42.4 Å². The first-order valence-corrected chi connectivity index (χ1v) is 6.59. The van der Waals surface area contributed by atoms with Gasteiger partial charge in [0.2, 0.25) is 0 Å². The van der Waals surface area contributed by atoms with E-state index in [1.165, 1.54) is 29.5 Å². The molecule has 0 atom stereocenters. The van der Waals surface area contributed by atoms with Crippen LogP contribution in [0.2, 0.25) is 0 Å². The standard InChI is InChI=1S/C17H19N/c1-13-8-9-16(14(2)10-13)11-17(12-18)15-6-4-3-5-7-15/h6,8-11H,3-5,7H2,1-2H3. The normalized spacial score (nSPS) is 16.1. The lowest BCUT2D eigenvalue weighted by Gasteiger charge is -2.12. The van der Waals surface area contributed by atoms with Crippen LogP contribution in [0.15, 0.2) is 35.4 Å². The van der Waals surface area contributed by atoms with Crippen molar-refractivity contribution in [2.75, 3.05) is 0 Å². The first-order chi connectivity index (χ1) is 8.70. The summed E-state index contributed by atoms with van der Waals surface area (Å²) in [6, 6.07) is 8.72. The molecule has 0 bridgehead atoms. The van der Waals surface area contributed by atoms with Gasteiger partial charge in [-0.05, 0) is 62.3 Å². The van der Waals surface area contributed by atoms with Crippen molar-refractivity contribution in [2.24, 2.45) is 0 Å². The van der Waals surface area contributed by atoms with Crippen LogP contribution in [0.4, 0.5) is 0 Å². The number of nitriles is 1. The fourth-order valence-corrected chi connectivity index (χ4v) is 2.42. The maximum absolute atomic E-state index is 9.33. The van der Waals surface area contributed by atoms with Gasteiger partial charge < -0.3 is 0 Å². The van der Waals surface area contributed by atoms with E-state index in [4.69, 9.17) is 0 Å². The van der Waals surface area contributed by atoms with E-state index >= 15 is 0 Å². The number of hydrogen-bond donors (Lipinski definition) is 0. The lowest BCUT2D eigenvalue weighted by atomic mass is 9.92. The van der Waals surface area contributed by atoms with E-state index in [0.717, 1.165) is 24.0 Å². The van der Waals surface area contributed by atoms with Crippen LogP contribution >= 0.6 is 0 Å². The molecule has 0 amide bonds. The van der Waals surface area contributed by atoms with Gasteiger partial charge in [-0.2, -0.15) is 5.26 Å². The Morgan fingerprint density at radius 3 is 2.72 bits per heavy atom. The first-order valence-electron chi connectivity index (χ1n) is 6.59. The molecule has 0 radical (unpaired) electrons. The van der Waals surface area contributed by atoms with Gasteiger partial charge in [0, 0.05) is 0 Å². The zero-order valence-corrected chi connectivity index (χ0v) is 11.2. The molecule has 0 unspecified atom stereocenters. The first kappa shape index (κ1) is 12.6. The Labute approximate surface area is 109 Å². The number of allylic oxidation sites excluding steroid dienone is 3. The molecule has 0 aliphatic heterocycles. The minimum absolute atomic E-state index is 0.835. The van der Waals surface area contributed by atoms with Crippen LogP contribution in [-0.4, -0.2) is 0 Å². The second kappa shape index (κ2) is 5.69. The summed E-state index contributed by atoms with van der Waals surface area (Å²) in [6.45, 7) is 4.19. The Morgan fingerprint density at radius 1 is 1.28 bits per heavy atom. The van der Waals surface area contributed by atoms with E-state index in [0.29, 0.717) is 0 Å². The Balaban J connectivity index is 2.35. The fourth-order valence-electron chi connectivity index (χ4n) is 2.42. The zero-order valence-electron chi connectivity index (χ0n) is 11.2. The molecular weight excluding hydrogens is 218 g/mol. The van der Waals surface area contributed by atoms with Gasteiger partial charge in [0.05, 0.1) is 11.6 Å². The third-order valence-electron chi connectivity index (χ3n) is 3.48. The van der Waals surface area contributed by atoms with Crippen molar-refractivity contribution in [3.05, 3.63) is 52.1 Å². The van der Waals surface area contributed by atoms with E-state index < -0.39 is 0 Å². The Morgan fingerprint density at radius 2 is 2.11 bits per heavy atom. The third-order valence-corrected chi connectivity index (χ3v) is 3.48. The monoisotopic (exact) mass is 237 g/mol. The van der Waals surface area contributed by atoms with Gasteiger partial charge in [0.1, 0.15) is 0 Å². The quantitative estimate of drug-likeness (QED) is 0.683. The molecule has 1 aromatic rings. The highest BCUT2D eigenvalue weighted by Gasteiger charge is 2.09. The Hall–Kier alpha value is -1.81. The van der Waals surface area contributed by atoms with Crippen molar-refractivity contribution in [3.63, 3.8) is 0 Å². The summed E-state index contributed by atoms with van der Waals surface area (Å²) >= 11 is 0. The predicted octanol–water partition coefficient (Wildman–Crippen LogP) is 4.71. The van der Waals surface area contributed by atoms with Crippen LogP contribution < -0.4 is 0 Å². The molecule has 1 heteroatoms. The third kappa shape index (κ3) is 2.90. The topological polar surface area (TPSA) is 23.8 Å². The van der Waals surface area contributed by atoms with E-state index in [-0.39, 0.29) is 0 Å². The molecule has 2 rings (SSSR count). The Bertz CT molecular complexity index is 541. The maximum atomic E-state index is 9.33. The van der Waals surface area contributed by atoms with Crippen molar-refractivity contribution in [1.29, 1.82) is 5.26 Å². The summed E-state index contributed by atoms with van der Waals surface area (Å²) in [5.41, 5.74) is 5.72. The van der Waals surface area contributed by atoms with Crippen molar-refractivity contribution >= 4 is 6.08 Å². The molecule has 0 aromatic heterocycles. The average molecular weight is 237 g/mol. The highest BCUT2D eigenvalue weighted by Crippen LogP contribution is 2.26. The molecule has 0 heterocycles. The van der Waals surface area contributed by atoms with E-state index in [1.807, 2.05) is 6.08 Å². The van der Waals surface area contributed by atoms with Gasteiger partial charge in [-0.15, -0.1) is 0 Å². The minimum Gasteiger partial charge on any atom is -0.192 e. The molecule has 0 fully saturated rings. The van der Waals surface area contributed by atoms with E-state index in [1.54, 1.807) is 0 Å². The van der Waals surface area contributed by atoms with Crippen LogP contribution in [0.5, 0.6) is 0 Å². The molecule has 1 aromatic carbocycles. The second-order valence-corrected chi connectivity index (χ2v) is 5.01. The van der Waals surface area contributed by atoms with Gasteiger partial charge in [0.15, 0.2) is 0 Å². The zero-order chi connectivity index (χ0) is 13.0. The summed E-state index contributed by atoms with van der Waals surface area (Å²) in [7, 11) is 0. The largest absolute Gasteiger partial charge is 0.192 e. The summed E-state index contributed by atoms with van der Waals surface area (Å²) < 4.78 is 0. The maximum Gasteiger partial charge on any atom is 0.0994 e. The number of hydrogen-bond acceptors (Lipinski definition) is 1. The molecule has 1 nitrogen and oxygen atoms in total. The van der Waals surface area contributed by atoms with Crippen molar-refractivity contribution in [3.8, 4) is 6.07 Å². The molecule has 0 saturated carbocycles. The fraction of sp³-hybridized carbons (Fsp3) is 0.353. The molecule has 92 valence electrons. The number of aryl methyl sites for hydroxylation is 2. The lowest BCUT2D eigenvalue weighted by Crippen LogP contribution is -1.95. The second-order valence-electron chi connectivity index (χ2n) is 5.01. The van der Waals surface area contributed by atoms with Crippen LogP contribution in [0.3, 0.4) is 0 Å². The van der Waals surface area contributed by atoms with E-state index in [9.17, 15) is 5.26 Å². The highest BCUT2D eigenvalue weighted by molar-refractivity contribution is 5.66. The summed E-state index contributed by atoms with van der Waals surface area (Å²) in [6.07, 6.45) is 8.88. The highest BCUT2D eigenvalue weighted by atomic mass is 14.3. The van der Waals surface area contributed by atoms with Gasteiger partial charge in [-0.3, -0.25) is 0 Å². The van der Waals surface area contributed by atoms with Gasteiger partial charge >= 0.3 is 0 Å². The number of rotatable bonds is 2. The summed E-state index contributed by atoms with van der Waals surface area (Å²) in [5, 5.41) is 9.33. The minimum atomic E-state index is 0.835. The Kier molecular flexibility index (Phi) is 3.99. The van der Waals surface area contributed by atoms with E-state index in [2.05, 4.69) is 44.2 Å². The smallest absolute Gasteiger partial charge is 0.0994 e. The van der Waals surface area contributed by atoms with Crippen molar-refractivity contribution in [1.82, 2.24) is 0 Å².